The highest BCUT2D eigenvalue weighted by molar-refractivity contribution is 5.80. The van der Waals surface area contributed by atoms with E-state index >= 15 is 0 Å². The summed E-state index contributed by atoms with van der Waals surface area (Å²) >= 11 is 0. The zero-order chi connectivity index (χ0) is 19.8. The molecule has 0 radical (unpaired) electrons. The number of likely N-dealkylation sites (N-methyl/N-ethyl adjacent to an activating group) is 1. The zero-order valence-corrected chi connectivity index (χ0v) is 16.6. The lowest BCUT2D eigenvalue weighted by atomic mass is 10.1. The SMILES string of the molecule is CCOC(=O)N1CCN(C(=NC)NCC(c2cccc(F)c2)N(C)C)CC1. The third kappa shape index (κ3) is 5.82. The standard InChI is InChI=1S/C19H30FN5O2/c1-5-27-19(26)25-11-9-24(10-12-25)18(21-2)22-14-17(23(3)4)15-7-6-8-16(20)13-15/h6-8,13,17H,5,9-12,14H2,1-4H3,(H,21,22). The molecule has 0 saturated carbocycles. The minimum atomic E-state index is -0.265. The summed E-state index contributed by atoms with van der Waals surface area (Å²) < 4.78 is 18.6. The number of amides is 1. The average Bonchev–Trinajstić information content (AvgIpc) is 2.65. The average molecular weight is 379 g/mol. The molecule has 7 nitrogen and oxygen atoms in total. The van der Waals surface area contributed by atoms with Gasteiger partial charge in [0.15, 0.2) is 5.96 Å². The van der Waals surface area contributed by atoms with Crippen LogP contribution in [0.2, 0.25) is 0 Å². The van der Waals surface area contributed by atoms with E-state index in [1.807, 2.05) is 25.1 Å². The normalized spacial score (nSPS) is 16.4. The second kappa shape index (κ2) is 10.1. The second-order valence-electron chi connectivity index (χ2n) is 6.64. The Labute approximate surface area is 160 Å². The fourth-order valence-corrected chi connectivity index (χ4v) is 3.15. The van der Waals surface area contributed by atoms with Crippen molar-refractivity contribution in [3.05, 3.63) is 35.6 Å². The molecule has 2 rings (SSSR count). The van der Waals surface area contributed by atoms with Crippen LogP contribution in [0.5, 0.6) is 0 Å². The van der Waals surface area contributed by atoms with Crippen molar-refractivity contribution in [2.24, 2.45) is 4.99 Å². The van der Waals surface area contributed by atoms with Crippen molar-refractivity contribution in [3.8, 4) is 0 Å². The summed E-state index contributed by atoms with van der Waals surface area (Å²) in [6, 6.07) is 6.68. The highest BCUT2D eigenvalue weighted by atomic mass is 19.1. The van der Waals surface area contributed by atoms with E-state index < -0.39 is 0 Å². The molecule has 1 atom stereocenters. The Morgan fingerprint density at radius 1 is 1.30 bits per heavy atom. The molecule has 1 aliphatic heterocycles. The molecule has 1 aromatic rings. The van der Waals surface area contributed by atoms with Crippen LogP contribution in [-0.2, 0) is 4.74 Å². The molecule has 0 aliphatic carbocycles. The van der Waals surface area contributed by atoms with Crippen molar-refractivity contribution >= 4 is 12.1 Å². The van der Waals surface area contributed by atoms with Crippen LogP contribution in [0.4, 0.5) is 9.18 Å². The number of nitrogens with zero attached hydrogens (tertiary/aromatic N) is 4. The van der Waals surface area contributed by atoms with Gasteiger partial charge in [-0.05, 0) is 38.7 Å². The monoisotopic (exact) mass is 379 g/mol. The third-order valence-electron chi connectivity index (χ3n) is 4.63. The van der Waals surface area contributed by atoms with Gasteiger partial charge < -0.3 is 24.8 Å². The minimum Gasteiger partial charge on any atom is -0.450 e. The molecule has 1 amide bonds. The Kier molecular flexibility index (Phi) is 7.84. The first-order valence-corrected chi connectivity index (χ1v) is 9.25. The minimum absolute atomic E-state index is 0.0123. The van der Waals surface area contributed by atoms with E-state index in [2.05, 4.69) is 15.2 Å². The van der Waals surface area contributed by atoms with Gasteiger partial charge in [0.1, 0.15) is 5.82 Å². The smallest absolute Gasteiger partial charge is 0.409 e. The van der Waals surface area contributed by atoms with E-state index in [0.29, 0.717) is 39.3 Å². The van der Waals surface area contributed by atoms with Gasteiger partial charge in [-0.1, -0.05) is 12.1 Å². The Hall–Kier alpha value is -2.35. The number of carbonyl (C=O) groups is 1. The highest BCUT2D eigenvalue weighted by Crippen LogP contribution is 2.18. The van der Waals surface area contributed by atoms with E-state index in [0.717, 1.165) is 11.5 Å². The van der Waals surface area contributed by atoms with Gasteiger partial charge in [-0.3, -0.25) is 4.99 Å². The lowest BCUT2D eigenvalue weighted by molar-refractivity contribution is 0.0914. The first-order valence-electron chi connectivity index (χ1n) is 9.25. The molecule has 1 saturated heterocycles. The lowest BCUT2D eigenvalue weighted by Crippen LogP contribution is -2.54. The van der Waals surface area contributed by atoms with E-state index in [1.165, 1.54) is 6.07 Å². The van der Waals surface area contributed by atoms with Gasteiger partial charge >= 0.3 is 6.09 Å². The predicted octanol–water partition coefficient (Wildman–Crippen LogP) is 1.78. The summed E-state index contributed by atoms with van der Waals surface area (Å²) in [6.07, 6.45) is -0.265. The summed E-state index contributed by atoms with van der Waals surface area (Å²) in [5.41, 5.74) is 0.912. The topological polar surface area (TPSA) is 60.4 Å². The number of nitrogens with one attached hydrogen (secondary N) is 1. The summed E-state index contributed by atoms with van der Waals surface area (Å²) in [4.78, 5) is 22.1. The zero-order valence-electron chi connectivity index (χ0n) is 16.6. The molecule has 0 bridgehead atoms. The van der Waals surface area contributed by atoms with Crippen LogP contribution in [0.1, 0.15) is 18.5 Å². The van der Waals surface area contributed by atoms with Gasteiger partial charge in [0, 0.05) is 39.8 Å². The van der Waals surface area contributed by atoms with Gasteiger partial charge in [-0.2, -0.15) is 0 Å². The van der Waals surface area contributed by atoms with Crippen molar-refractivity contribution in [1.82, 2.24) is 20.0 Å². The van der Waals surface area contributed by atoms with E-state index in [4.69, 9.17) is 4.74 Å². The predicted molar refractivity (Wildman–Crippen MR) is 104 cm³/mol. The number of guanidine groups is 1. The van der Waals surface area contributed by atoms with Crippen molar-refractivity contribution in [2.45, 2.75) is 13.0 Å². The number of hydrogen-bond acceptors (Lipinski definition) is 4. The maximum Gasteiger partial charge on any atom is 0.409 e. The number of carbonyl (C=O) groups excluding carboxylic acids is 1. The maximum absolute atomic E-state index is 13.6. The van der Waals surface area contributed by atoms with Crippen molar-refractivity contribution in [1.29, 1.82) is 0 Å². The van der Waals surface area contributed by atoms with Crippen molar-refractivity contribution in [3.63, 3.8) is 0 Å². The Bertz CT molecular complexity index is 645. The number of aliphatic imine (C=N–C) groups is 1. The largest absolute Gasteiger partial charge is 0.450 e. The number of rotatable bonds is 5. The Morgan fingerprint density at radius 2 is 1.96 bits per heavy atom. The molecule has 1 heterocycles. The van der Waals surface area contributed by atoms with Crippen LogP contribution >= 0.6 is 0 Å². The molecule has 1 aromatic carbocycles. The first-order chi connectivity index (χ1) is 13.0. The van der Waals surface area contributed by atoms with E-state index in [-0.39, 0.29) is 18.0 Å². The molecule has 0 spiro atoms. The van der Waals surface area contributed by atoms with Crippen LogP contribution in [-0.4, -0.2) is 87.2 Å². The number of ether oxygens (including phenoxy) is 1. The van der Waals surface area contributed by atoms with Gasteiger partial charge in [0.25, 0.3) is 0 Å². The molecule has 0 aromatic heterocycles. The molecular weight excluding hydrogens is 349 g/mol. The molecule has 1 aliphatic rings. The molecule has 1 unspecified atom stereocenters. The van der Waals surface area contributed by atoms with Gasteiger partial charge in [-0.25, -0.2) is 9.18 Å². The lowest BCUT2D eigenvalue weighted by Gasteiger charge is -2.36. The van der Waals surface area contributed by atoms with Crippen LogP contribution < -0.4 is 5.32 Å². The van der Waals surface area contributed by atoms with Crippen LogP contribution in [0.3, 0.4) is 0 Å². The fourth-order valence-electron chi connectivity index (χ4n) is 3.15. The summed E-state index contributed by atoms with van der Waals surface area (Å²) in [7, 11) is 5.68. The van der Waals surface area contributed by atoms with Crippen molar-refractivity contribution < 1.29 is 13.9 Å². The first kappa shape index (κ1) is 21.0. The quantitative estimate of drug-likeness (QED) is 0.624. The molecule has 8 heteroatoms. The Balaban J connectivity index is 1.94. The van der Waals surface area contributed by atoms with Gasteiger partial charge in [-0.15, -0.1) is 0 Å². The number of hydrogen-bond donors (Lipinski definition) is 1. The van der Waals surface area contributed by atoms with Crippen LogP contribution in [0.25, 0.3) is 0 Å². The number of halogens is 1. The Morgan fingerprint density at radius 3 is 2.52 bits per heavy atom. The molecule has 1 fully saturated rings. The maximum atomic E-state index is 13.6. The summed E-state index contributed by atoms with van der Waals surface area (Å²) in [6.45, 7) is 5.35. The number of piperazine rings is 1. The highest BCUT2D eigenvalue weighted by Gasteiger charge is 2.24. The van der Waals surface area contributed by atoms with Crippen LogP contribution in [0, 0.1) is 5.82 Å². The van der Waals surface area contributed by atoms with E-state index in [9.17, 15) is 9.18 Å². The molecular formula is C19H30FN5O2. The second-order valence-corrected chi connectivity index (χ2v) is 6.64. The summed E-state index contributed by atoms with van der Waals surface area (Å²) in [5, 5.41) is 3.38. The number of benzene rings is 1. The fraction of sp³-hybridized carbons (Fsp3) is 0.579. The molecule has 1 N–H and O–H groups in total. The van der Waals surface area contributed by atoms with Crippen molar-refractivity contribution in [2.75, 3.05) is 60.5 Å². The molecule has 150 valence electrons. The van der Waals surface area contributed by atoms with Gasteiger partial charge in [0.2, 0.25) is 0 Å². The molecule has 27 heavy (non-hydrogen) atoms. The van der Waals surface area contributed by atoms with Crippen LogP contribution in [0.15, 0.2) is 29.3 Å². The summed E-state index contributed by atoms with van der Waals surface area (Å²) in [5.74, 6) is 0.542. The van der Waals surface area contributed by atoms with E-state index in [1.54, 1.807) is 31.0 Å². The van der Waals surface area contributed by atoms with Gasteiger partial charge in [0.05, 0.1) is 12.6 Å². The third-order valence-corrected chi connectivity index (χ3v) is 4.63.